The monoisotopic (exact) mass is 400 g/mol. The molecule has 2 amide bonds. The molecule has 1 aliphatic heterocycles. The highest BCUT2D eigenvalue weighted by molar-refractivity contribution is 6.31. The Morgan fingerprint density at radius 1 is 1.25 bits per heavy atom. The SMILES string of the molecule is CCN(CC)c1ccc(CNC(=O)c2ccc(Cl)cc2N2CCCC2=O)cn1. The maximum atomic E-state index is 12.8. The molecule has 1 aromatic carbocycles. The fourth-order valence-corrected chi connectivity index (χ4v) is 3.52. The van der Waals surface area contributed by atoms with E-state index in [2.05, 4.69) is 29.0 Å². The summed E-state index contributed by atoms with van der Waals surface area (Å²) in [4.78, 5) is 33.2. The number of pyridine rings is 1. The number of amides is 2. The molecule has 148 valence electrons. The molecule has 0 unspecified atom stereocenters. The predicted octanol–water partition coefficient (Wildman–Crippen LogP) is 3.64. The number of hydrogen-bond acceptors (Lipinski definition) is 4. The molecule has 1 saturated heterocycles. The molecule has 0 saturated carbocycles. The van der Waals surface area contributed by atoms with E-state index in [9.17, 15) is 9.59 Å². The summed E-state index contributed by atoms with van der Waals surface area (Å²) in [5.74, 6) is 0.708. The molecule has 1 N–H and O–H groups in total. The molecule has 2 aromatic rings. The van der Waals surface area contributed by atoms with E-state index in [1.807, 2.05) is 12.1 Å². The Balaban J connectivity index is 1.71. The van der Waals surface area contributed by atoms with Crippen molar-refractivity contribution in [3.05, 3.63) is 52.7 Å². The zero-order valence-electron chi connectivity index (χ0n) is 16.2. The molecule has 0 radical (unpaired) electrons. The van der Waals surface area contributed by atoms with Crippen LogP contribution < -0.4 is 15.1 Å². The lowest BCUT2D eigenvalue weighted by Crippen LogP contribution is -2.29. The Morgan fingerprint density at radius 3 is 2.64 bits per heavy atom. The average Bonchev–Trinajstić information content (AvgIpc) is 3.13. The third-order valence-corrected chi connectivity index (χ3v) is 5.15. The van der Waals surface area contributed by atoms with Gasteiger partial charge in [0.1, 0.15) is 5.82 Å². The second-order valence-corrected chi connectivity index (χ2v) is 7.13. The first-order valence-electron chi connectivity index (χ1n) is 9.61. The van der Waals surface area contributed by atoms with Crippen LogP contribution >= 0.6 is 11.6 Å². The lowest BCUT2D eigenvalue weighted by atomic mass is 10.1. The Kier molecular flexibility index (Phi) is 6.52. The lowest BCUT2D eigenvalue weighted by molar-refractivity contribution is -0.117. The van der Waals surface area contributed by atoms with Crippen molar-refractivity contribution in [1.29, 1.82) is 0 Å². The zero-order chi connectivity index (χ0) is 20.1. The summed E-state index contributed by atoms with van der Waals surface area (Å²) in [6, 6.07) is 8.94. The van der Waals surface area contributed by atoms with Crippen LogP contribution in [0.25, 0.3) is 0 Å². The molecule has 3 rings (SSSR count). The van der Waals surface area contributed by atoms with Crippen molar-refractivity contribution in [3.63, 3.8) is 0 Å². The topological polar surface area (TPSA) is 65.5 Å². The number of carbonyl (C=O) groups excluding carboxylic acids is 2. The van der Waals surface area contributed by atoms with Crippen molar-refractivity contribution in [1.82, 2.24) is 10.3 Å². The molecule has 0 spiro atoms. The van der Waals surface area contributed by atoms with Crippen molar-refractivity contribution >= 4 is 34.9 Å². The minimum absolute atomic E-state index is 0.0208. The standard InChI is InChI=1S/C21H25ClN4O2/c1-3-25(4-2)19-10-7-15(13-23-19)14-24-21(28)17-9-8-16(22)12-18(17)26-11-5-6-20(26)27/h7-10,12-13H,3-6,11,14H2,1-2H3,(H,24,28). The van der Waals surface area contributed by atoms with Crippen molar-refractivity contribution in [2.45, 2.75) is 33.2 Å². The van der Waals surface area contributed by atoms with E-state index >= 15 is 0 Å². The van der Waals surface area contributed by atoms with Crippen LogP contribution in [0.3, 0.4) is 0 Å². The first-order valence-corrected chi connectivity index (χ1v) is 9.99. The molecule has 2 heterocycles. The molecule has 28 heavy (non-hydrogen) atoms. The second-order valence-electron chi connectivity index (χ2n) is 6.69. The highest BCUT2D eigenvalue weighted by Gasteiger charge is 2.26. The summed E-state index contributed by atoms with van der Waals surface area (Å²) in [6.07, 6.45) is 3.07. The van der Waals surface area contributed by atoms with E-state index in [-0.39, 0.29) is 11.8 Å². The van der Waals surface area contributed by atoms with Crippen LogP contribution in [0.15, 0.2) is 36.5 Å². The van der Waals surface area contributed by atoms with Gasteiger partial charge in [-0.05, 0) is 50.1 Å². The van der Waals surface area contributed by atoms with Gasteiger partial charge in [0.15, 0.2) is 0 Å². The molecular weight excluding hydrogens is 376 g/mol. The van der Waals surface area contributed by atoms with Gasteiger partial charge in [0.2, 0.25) is 5.91 Å². The third-order valence-electron chi connectivity index (χ3n) is 4.92. The second kappa shape index (κ2) is 9.06. The van der Waals surface area contributed by atoms with Crippen LogP contribution in [0.4, 0.5) is 11.5 Å². The van der Waals surface area contributed by atoms with Gasteiger partial charge in [-0.1, -0.05) is 17.7 Å². The quantitative estimate of drug-likeness (QED) is 0.770. The number of carbonyl (C=O) groups is 2. The smallest absolute Gasteiger partial charge is 0.253 e. The number of anilines is 2. The van der Waals surface area contributed by atoms with Crippen LogP contribution in [0.5, 0.6) is 0 Å². The fourth-order valence-electron chi connectivity index (χ4n) is 3.36. The maximum Gasteiger partial charge on any atom is 0.253 e. The van der Waals surface area contributed by atoms with Gasteiger partial charge >= 0.3 is 0 Å². The number of hydrogen-bond donors (Lipinski definition) is 1. The van der Waals surface area contributed by atoms with Crippen LogP contribution in [0.2, 0.25) is 5.02 Å². The van der Waals surface area contributed by atoms with E-state index in [0.29, 0.717) is 35.8 Å². The number of benzene rings is 1. The molecule has 0 atom stereocenters. The molecule has 0 aliphatic carbocycles. The van der Waals surface area contributed by atoms with Gasteiger partial charge in [0, 0.05) is 43.8 Å². The van der Waals surface area contributed by atoms with Crippen molar-refractivity contribution in [3.8, 4) is 0 Å². The number of rotatable bonds is 7. The number of aromatic nitrogens is 1. The summed E-state index contributed by atoms with van der Waals surface area (Å²) in [6.45, 7) is 6.95. The number of nitrogens with zero attached hydrogens (tertiary/aromatic N) is 3. The molecule has 1 aliphatic rings. The molecule has 0 bridgehead atoms. The van der Waals surface area contributed by atoms with Gasteiger partial charge in [-0.25, -0.2) is 4.98 Å². The minimum atomic E-state index is -0.237. The van der Waals surface area contributed by atoms with Crippen LogP contribution in [-0.2, 0) is 11.3 Å². The van der Waals surface area contributed by atoms with Gasteiger partial charge in [0.25, 0.3) is 5.91 Å². The van der Waals surface area contributed by atoms with Gasteiger partial charge in [0.05, 0.1) is 11.3 Å². The Morgan fingerprint density at radius 2 is 2.04 bits per heavy atom. The average molecular weight is 401 g/mol. The van der Waals surface area contributed by atoms with Gasteiger partial charge in [-0.15, -0.1) is 0 Å². The van der Waals surface area contributed by atoms with E-state index < -0.39 is 0 Å². The summed E-state index contributed by atoms with van der Waals surface area (Å²) in [5, 5.41) is 3.42. The molecular formula is C21H25ClN4O2. The zero-order valence-corrected chi connectivity index (χ0v) is 17.0. The van der Waals surface area contributed by atoms with Gasteiger partial charge in [-0.3, -0.25) is 9.59 Å². The van der Waals surface area contributed by atoms with E-state index in [1.165, 1.54) is 0 Å². The molecule has 1 aromatic heterocycles. The van der Waals surface area contributed by atoms with Crippen LogP contribution in [-0.4, -0.2) is 36.4 Å². The van der Waals surface area contributed by atoms with Crippen LogP contribution in [0.1, 0.15) is 42.6 Å². The van der Waals surface area contributed by atoms with Crippen molar-refractivity contribution in [2.75, 3.05) is 29.4 Å². The summed E-state index contributed by atoms with van der Waals surface area (Å²) < 4.78 is 0. The maximum absolute atomic E-state index is 12.8. The first-order chi connectivity index (χ1) is 13.5. The number of nitrogens with one attached hydrogen (secondary N) is 1. The Bertz CT molecular complexity index is 850. The third kappa shape index (κ3) is 4.44. The van der Waals surface area contributed by atoms with E-state index in [0.717, 1.165) is 30.9 Å². The highest BCUT2D eigenvalue weighted by atomic mass is 35.5. The predicted molar refractivity (Wildman–Crippen MR) is 112 cm³/mol. The Labute approximate surface area is 170 Å². The fraction of sp³-hybridized carbons (Fsp3) is 0.381. The van der Waals surface area contributed by atoms with Gasteiger partial charge in [-0.2, -0.15) is 0 Å². The Hall–Kier alpha value is -2.60. The largest absolute Gasteiger partial charge is 0.357 e. The van der Waals surface area contributed by atoms with Crippen molar-refractivity contribution < 1.29 is 9.59 Å². The minimum Gasteiger partial charge on any atom is -0.357 e. The van der Waals surface area contributed by atoms with Gasteiger partial charge < -0.3 is 15.1 Å². The molecule has 7 heteroatoms. The molecule has 1 fully saturated rings. The van der Waals surface area contributed by atoms with E-state index in [1.54, 1.807) is 29.3 Å². The summed E-state index contributed by atoms with van der Waals surface area (Å²) >= 11 is 6.10. The highest BCUT2D eigenvalue weighted by Crippen LogP contribution is 2.28. The van der Waals surface area contributed by atoms with Crippen molar-refractivity contribution in [2.24, 2.45) is 0 Å². The summed E-state index contributed by atoms with van der Waals surface area (Å²) in [5.41, 5.74) is 1.94. The first kappa shape index (κ1) is 20.1. The number of halogens is 1. The summed E-state index contributed by atoms with van der Waals surface area (Å²) in [7, 11) is 0. The lowest BCUT2D eigenvalue weighted by Gasteiger charge is -2.20. The van der Waals surface area contributed by atoms with Crippen LogP contribution in [0, 0.1) is 0 Å². The van der Waals surface area contributed by atoms with E-state index in [4.69, 9.17) is 11.6 Å². The molecule has 6 nitrogen and oxygen atoms in total. The normalized spacial score (nSPS) is 13.7.